The third-order valence-electron chi connectivity index (χ3n) is 4.67. The molecule has 0 fully saturated rings. The number of hydrazone groups is 1. The van der Waals surface area contributed by atoms with Crippen LogP contribution in [0.2, 0.25) is 5.02 Å². The van der Waals surface area contributed by atoms with Gasteiger partial charge in [-0.15, -0.1) is 0 Å². The molecule has 1 amide bonds. The standard InChI is InChI=1S/C21H22ClN3O3/c1-24(2)17-5-3-4-15(12-17)19-13-18(14-6-8-16(22)9-7-14)23-25(19)20(26)10-11-21(27)28/h3-9,12,19H,10-11,13H2,1-2H3,(H,27,28)/t19-/m0/s1. The summed E-state index contributed by atoms with van der Waals surface area (Å²) in [4.78, 5) is 25.6. The Morgan fingerprint density at radius 3 is 2.54 bits per heavy atom. The van der Waals surface area contributed by atoms with Crippen molar-refractivity contribution in [3.63, 3.8) is 0 Å². The Bertz CT molecular complexity index is 909. The first-order chi connectivity index (χ1) is 13.3. The number of carboxylic acids is 1. The van der Waals surface area contributed by atoms with E-state index in [0.29, 0.717) is 11.4 Å². The number of benzene rings is 2. The molecule has 2 aromatic carbocycles. The lowest BCUT2D eigenvalue weighted by Crippen LogP contribution is -2.27. The van der Waals surface area contributed by atoms with Crippen LogP contribution in [0.25, 0.3) is 0 Å². The summed E-state index contributed by atoms with van der Waals surface area (Å²) in [6.07, 6.45) is 0.250. The summed E-state index contributed by atoms with van der Waals surface area (Å²) in [6.45, 7) is 0. The number of carbonyl (C=O) groups is 2. The van der Waals surface area contributed by atoms with Crippen molar-refractivity contribution in [2.24, 2.45) is 5.10 Å². The number of amides is 1. The van der Waals surface area contributed by atoms with E-state index >= 15 is 0 Å². The Balaban J connectivity index is 1.93. The maximum atomic E-state index is 12.7. The van der Waals surface area contributed by atoms with E-state index in [9.17, 15) is 9.59 Å². The monoisotopic (exact) mass is 399 g/mol. The minimum atomic E-state index is -0.999. The first-order valence-corrected chi connectivity index (χ1v) is 9.37. The zero-order valence-electron chi connectivity index (χ0n) is 15.8. The van der Waals surface area contributed by atoms with Crippen LogP contribution in [0, 0.1) is 0 Å². The minimum absolute atomic E-state index is 0.0867. The average molecular weight is 400 g/mol. The largest absolute Gasteiger partial charge is 0.481 e. The highest BCUT2D eigenvalue weighted by molar-refractivity contribution is 6.30. The van der Waals surface area contributed by atoms with E-state index in [0.717, 1.165) is 22.5 Å². The van der Waals surface area contributed by atoms with Gasteiger partial charge in [-0.3, -0.25) is 9.59 Å². The molecule has 0 aromatic heterocycles. The number of halogens is 1. The number of nitrogens with zero attached hydrogens (tertiary/aromatic N) is 3. The van der Waals surface area contributed by atoms with Crippen LogP contribution >= 0.6 is 11.6 Å². The highest BCUT2D eigenvalue weighted by Gasteiger charge is 2.33. The third-order valence-corrected chi connectivity index (χ3v) is 4.92. The molecule has 1 N–H and O–H groups in total. The van der Waals surface area contributed by atoms with Crippen molar-refractivity contribution in [1.82, 2.24) is 5.01 Å². The van der Waals surface area contributed by atoms with E-state index in [-0.39, 0.29) is 24.8 Å². The summed E-state index contributed by atoms with van der Waals surface area (Å²) in [5.41, 5.74) is 3.66. The molecular weight excluding hydrogens is 378 g/mol. The van der Waals surface area contributed by atoms with Crippen molar-refractivity contribution in [2.75, 3.05) is 19.0 Å². The van der Waals surface area contributed by atoms with Gasteiger partial charge in [-0.05, 0) is 35.4 Å². The zero-order chi connectivity index (χ0) is 20.3. The second-order valence-electron chi connectivity index (χ2n) is 6.89. The lowest BCUT2D eigenvalue weighted by atomic mass is 9.97. The summed E-state index contributed by atoms with van der Waals surface area (Å²) in [7, 11) is 3.92. The molecule has 0 aliphatic carbocycles. The van der Waals surface area contributed by atoms with E-state index in [2.05, 4.69) is 5.10 Å². The summed E-state index contributed by atoms with van der Waals surface area (Å²) in [6, 6.07) is 15.0. The van der Waals surface area contributed by atoms with Crippen LogP contribution in [0.1, 0.15) is 36.4 Å². The number of hydrogen-bond acceptors (Lipinski definition) is 4. The number of carboxylic acid groups (broad SMARTS) is 1. The fourth-order valence-corrected chi connectivity index (χ4v) is 3.28. The minimum Gasteiger partial charge on any atom is -0.481 e. The van der Waals surface area contributed by atoms with Gasteiger partial charge in [0, 0.05) is 37.6 Å². The lowest BCUT2D eigenvalue weighted by Gasteiger charge is -2.23. The first-order valence-electron chi connectivity index (χ1n) is 8.99. The molecule has 2 aromatic rings. The van der Waals surface area contributed by atoms with Crippen LogP contribution in [0.5, 0.6) is 0 Å². The number of hydrogen-bond donors (Lipinski definition) is 1. The second-order valence-corrected chi connectivity index (χ2v) is 7.33. The predicted molar refractivity (Wildman–Crippen MR) is 110 cm³/mol. The SMILES string of the molecule is CN(C)c1cccc([C@@H]2CC(c3ccc(Cl)cc3)=NN2C(=O)CCC(=O)O)c1. The molecule has 7 heteroatoms. The fourth-order valence-electron chi connectivity index (χ4n) is 3.16. The molecule has 1 heterocycles. The van der Waals surface area contributed by atoms with Gasteiger partial charge in [-0.25, -0.2) is 5.01 Å². The quantitative estimate of drug-likeness (QED) is 0.798. The normalized spacial score (nSPS) is 16.0. The van der Waals surface area contributed by atoms with Crippen LogP contribution in [0.3, 0.4) is 0 Å². The topological polar surface area (TPSA) is 73.2 Å². The molecule has 0 bridgehead atoms. The van der Waals surface area contributed by atoms with Gasteiger partial charge in [0.25, 0.3) is 0 Å². The molecule has 1 aliphatic heterocycles. The molecule has 3 rings (SSSR count). The molecule has 1 atom stereocenters. The fraction of sp³-hybridized carbons (Fsp3) is 0.286. The summed E-state index contributed by atoms with van der Waals surface area (Å²) < 4.78 is 0. The molecule has 146 valence electrons. The number of aliphatic carboxylic acids is 1. The van der Waals surface area contributed by atoms with Crippen LogP contribution < -0.4 is 4.90 Å². The van der Waals surface area contributed by atoms with Crippen molar-refractivity contribution < 1.29 is 14.7 Å². The van der Waals surface area contributed by atoms with Gasteiger partial charge >= 0.3 is 5.97 Å². The van der Waals surface area contributed by atoms with Crippen molar-refractivity contribution in [3.8, 4) is 0 Å². The first kappa shape index (κ1) is 19.9. The van der Waals surface area contributed by atoms with E-state index in [1.54, 1.807) is 12.1 Å². The van der Waals surface area contributed by atoms with Crippen molar-refractivity contribution in [2.45, 2.75) is 25.3 Å². The Morgan fingerprint density at radius 2 is 1.89 bits per heavy atom. The van der Waals surface area contributed by atoms with Crippen LogP contribution in [-0.2, 0) is 9.59 Å². The number of anilines is 1. The predicted octanol–water partition coefficient (Wildman–Crippen LogP) is 3.95. The van der Waals surface area contributed by atoms with Gasteiger partial charge in [0.15, 0.2) is 0 Å². The molecule has 6 nitrogen and oxygen atoms in total. The Morgan fingerprint density at radius 1 is 1.18 bits per heavy atom. The van der Waals surface area contributed by atoms with E-state index < -0.39 is 5.97 Å². The van der Waals surface area contributed by atoms with Gasteiger partial charge in [0.05, 0.1) is 18.2 Å². The maximum absolute atomic E-state index is 12.7. The van der Waals surface area contributed by atoms with E-state index in [4.69, 9.17) is 16.7 Å². The van der Waals surface area contributed by atoms with Gasteiger partial charge in [0.1, 0.15) is 0 Å². The summed E-state index contributed by atoms with van der Waals surface area (Å²) in [5.74, 6) is -1.30. The van der Waals surface area contributed by atoms with Gasteiger partial charge < -0.3 is 10.0 Å². The van der Waals surface area contributed by atoms with Crippen LogP contribution in [0.4, 0.5) is 5.69 Å². The van der Waals surface area contributed by atoms with Crippen molar-refractivity contribution in [1.29, 1.82) is 0 Å². The molecule has 0 saturated carbocycles. The van der Waals surface area contributed by atoms with Gasteiger partial charge in [-0.1, -0.05) is 35.9 Å². The highest BCUT2D eigenvalue weighted by atomic mass is 35.5. The highest BCUT2D eigenvalue weighted by Crippen LogP contribution is 2.35. The van der Waals surface area contributed by atoms with Crippen LogP contribution in [-0.4, -0.2) is 41.8 Å². The van der Waals surface area contributed by atoms with E-state index in [1.165, 1.54) is 5.01 Å². The smallest absolute Gasteiger partial charge is 0.303 e. The second kappa shape index (κ2) is 8.44. The molecule has 1 aliphatic rings. The Labute approximate surface area is 169 Å². The molecule has 0 unspecified atom stereocenters. The molecule has 0 spiro atoms. The number of rotatable bonds is 6. The zero-order valence-corrected chi connectivity index (χ0v) is 16.6. The van der Waals surface area contributed by atoms with Crippen molar-refractivity contribution >= 4 is 34.9 Å². The molecule has 0 radical (unpaired) electrons. The summed E-state index contributed by atoms with van der Waals surface area (Å²) in [5, 5.41) is 15.5. The van der Waals surface area contributed by atoms with E-state index in [1.807, 2.05) is 55.4 Å². The van der Waals surface area contributed by atoms with Gasteiger partial charge in [0.2, 0.25) is 5.91 Å². The van der Waals surface area contributed by atoms with Gasteiger partial charge in [-0.2, -0.15) is 5.10 Å². The molecule has 0 saturated heterocycles. The summed E-state index contributed by atoms with van der Waals surface area (Å²) >= 11 is 5.98. The lowest BCUT2D eigenvalue weighted by molar-refractivity contribution is -0.141. The van der Waals surface area contributed by atoms with Crippen molar-refractivity contribution in [3.05, 3.63) is 64.7 Å². The van der Waals surface area contributed by atoms with Crippen LogP contribution in [0.15, 0.2) is 53.6 Å². The molecule has 28 heavy (non-hydrogen) atoms. The maximum Gasteiger partial charge on any atom is 0.303 e. The Hall–Kier alpha value is -2.86. The molecular formula is C21H22ClN3O3. The average Bonchev–Trinajstić information content (AvgIpc) is 3.12. The Kier molecular flexibility index (Phi) is 5.99. The number of carbonyl (C=O) groups excluding carboxylic acids is 1. The third kappa shape index (κ3) is 4.51.